The Labute approximate surface area is 219 Å². The van der Waals surface area contributed by atoms with Crippen LogP contribution in [-0.2, 0) is 9.53 Å². The Bertz CT molecular complexity index is 923. The molecule has 0 aromatic carbocycles. The number of hydrogen-bond donors (Lipinski definition) is 2. The van der Waals surface area contributed by atoms with E-state index < -0.39 is 6.10 Å². The summed E-state index contributed by atoms with van der Waals surface area (Å²) in [5.74, 6) is 1.89. The number of aliphatic hydroxyl groups is 2. The van der Waals surface area contributed by atoms with Gasteiger partial charge in [-0.3, -0.25) is 4.79 Å². The third-order valence-corrected chi connectivity index (χ3v) is 13.3. The largest absolute Gasteiger partial charge is 0.465 e. The number of allylic oxidation sites excluding steroid dienone is 2. The van der Waals surface area contributed by atoms with Gasteiger partial charge in [-0.15, -0.1) is 0 Å². The predicted octanol–water partition coefficient (Wildman–Crippen LogP) is 6.68. The van der Waals surface area contributed by atoms with Gasteiger partial charge in [0.05, 0.1) is 18.8 Å². The summed E-state index contributed by atoms with van der Waals surface area (Å²) in [7, 11) is 0. The van der Waals surface area contributed by atoms with Crippen molar-refractivity contribution in [1.82, 2.24) is 0 Å². The Morgan fingerprint density at radius 1 is 0.861 bits per heavy atom. The van der Waals surface area contributed by atoms with E-state index in [-0.39, 0.29) is 39.1 Å². The topological polar surface area (TPSA) is 66.8 Å². The molecule has 0 radical (unpaired) electrons. The zero-order valence-electron chi connectivity index (χ0n) is 24.0. The molecule has 4 nitrogen and oxygen atoms in total. The highest BCUT2D eigenvalue weighted by Gasteiger charge is 2.64. The summed E-state index contributed by atoms with van der Waals surface area (Å²) in [6, 6.07) is 0. The van der Waals surface area contributed by atoms with Crippen molar-refractivity contribution >= 4 is 5.97 Å². The number of carbonyl (C=O) groups is 1. The number of carbonyl (C=O) groups excluding carboxylic acids is 1. The monoisotopic (exact) mass is 500 g/mol. The lowest BCUT2D eigenvalue weighted by molar-refractivity contribution is -0.197. The van der Waals surface area contributed by atoms with Crippen molar-refractivity contribution < 1.29 is 19.7 Å². The van der Waals surface area contributed by atoms with E-state index in [1.165, 1.54) is 32.6 Å². The van der Waals surface area contributed by atoms with Gasteiger partial charge >= 0.3 is 5.97 Å². The third-order valence-electron chi connectivity index (χ3n) is 13.3. The average Bonchev–Trinajstić information content (AvgIpc) is 2.95. The van der Waals surface area contributed by atoms with Crippen LogP contribution >= 0.6 is 0 Å². The molecular formula is C32H52O4. The van der Waals surface area contributed by atoms with Gasteiger partial charge in [-0.1, -0.05) is 53.2 Å². The minimum Gasteiger partial charge on any atom is -0.465 e. The number of rotatable bonds is 2. The molecule has 0 aromatic rings. The summed E-state index contributed by atoms with van der Waals surface area (Å²) in [4.78, 5) is 11.7. The molecule has 4 heteroatoms. The highest BCUT2D eigenvalue weighted by Crippen LogP contribution is 2.70. The van der Waals surface area contributed by atoms with Crippen molar-refractivity contribution in [1.29, 1.82) is 0 Å². The summed E-state index contributed by atoms with van der Waals surface area (Å²) in [5.41, 5.74) is 2.00. The van der Waals surface area contributed by atoms with Gasteiger partial charge in [-0.2, -0.15) is 0 Å². The van der Waals surface area contributed by atoms with Crippen molar-refractivity contribution in [2.45, 2.75) is 125 Å². The van der Waals surface area contributed by atoms with E-state index in [0.717, 1.165) is 38.5 Å². The van der Waals surface area contributed by atoms with E-state index >= 15 is 0 Å². The summed E-state index contributed by atoms with van der Waals surface area (Å²) >= 11 is 0. The highest BCUT2D eigenvalue weighted by atomic mass is 16.5. The minimum atomic E-state index is -0.411. The standard InChI is InChI=1S/C32H52O4/c1-20(33)36-19-32(7)25-12-15-29(4)18-21-8-10-23-28(2,3)26(34)13-16-30(23,5)22(21)9-11-24(29)31(25,6)17-14-27(32)35/h8,22-27,34-35H,9-19H2,1-7H3/t22-,23-,24-,25+,26+,27+,29-,30+,31+,32+/m0/s1. The summed E-state index contributed by atoms with van der Waals surface area (Å²) in [6.07, 6.45) is 13.0. The van der Waals surface area contributed by atoms with E-state index in [1.807, 2.05) is 0 Å². The van der Waals surface area contributed by atoms with Crippen molar-refractivity contribution in [3.63, 3.8) is 0 Å². The quantitative estimate of drug-likeness (QED) is 0.328. The number of aliphatic hydroxyl groups excluding tert-OH is 2. The fourth-order valence-corrected chi connectivity index (χ4v) is 11.2. The fourth-order valence-electron chi connectivity index (χ4n) is 11.2. The smallest absolute Gasteiger partial charge is 0.302 e. The maximum atomic E-state index is 11.7. The van der Waals surface area contributed by atoms with Crippen LogP contribution in [0.1, 0.15) is 113 Å². The average molecular weight is 501 g/mol. The van der Waals surface area contributed by atoms with Gasteiger partial charge in [-0.25, -0.2) is 0 Å². The highest BCUT2D eigenvalue weighted by molar-refractivity contribution is 5.65. The molecule has 0 aromatic heterocycles. The molecule has 0 bridgehead atoms. The maximum Gasteiger partial charge on any atom is 0.302 e. The molecule has 0 aliphatic heterocycles. The predicted molar refractivity (Wildman–Crippen MR) is 143 cm³/mol. The Morgan fingerprint density at radius 2 is 1.53 bits per heavy atom. The van der Waals surface area contributed by atoms with Gasteiger partial charge < -0.3 is 14.9 Å². The summed E-state index contributed by atoms with van der Waals surface area (Å²) in [5, 5.41) is 22.1. The molecule has 4 fully saturated rings. The third kappa shape index (κ3) is 3.70. The first-order chi connectivity index (χ1) is 16.7. The van der Waals surface area contributed by atoms with Crippen LogP contribution in [-0.4, -0.2) is 35.0 Å². The van der Waals surface area contributed by atoms with E-state index in [2.05, 4.69) is 47.6 Å². The first kappa shape index (κ1) is 26.7. The molecule has 10 atom stereocenters. The van der Waals surface area contributed by atoms with Crippen LogP contribution in [0.4, 0.5) is 0 Å². The molecule has 5 aliphatic carbocycles. The number of hydrogen-bond acceptors (Lipinski definition) is 4. The van der Waals surface area contributed by atoms with Crippen LogP contribution in [0.25, 0.3) is 0 Å². The van der Waals surface area contributed by atoms with Crippen LogP contribution in [0.2, 0.25) is 0 Å². The van der Waals surface area contributed by atoms with Gasteiger partial charge in [0.25, 0.3) is 0 Å². The number of ether oxygens (including phenoxy) is 1. The zero-order chi connectivity index (χ0) is 26.3. The molecule has 0 amide bonds. The van der Waals surface area contributed by atoms with Crippen molar-refractivity contribution in [3.8, 4) is 0 Å². The normalized spacial score (nSPS) is 52.0. The first-order valence-electron chi connectivity index (χ1n) is 14.9. The molecule has 36 heavy (non-hydrogen) atoms. The molecule has 4 saturated carbocycles. The van der Waals surface area contributed by atoms with Crippen molar-refractivity contribution in [2.24, 2.45) is 50.7 Å². The van der Waals surface area contributed by atoms with E-state index in [1.54, 1.807) is 5.57 Å². The molecule has 0 saturated heterocycles. The van der Waals surface area contributed by atoms with E-state index in [0.29, 0.717) is 30.3 Å². The SMILES string of the molecule is CC(=O)OC[C@]1(C)[C@@H]2CC[C@@]3(C)CC4=CC[C@H]5C(C)(C)[C@H](O)CC[C@]5(C)[C@H]4CC[C@@H]3[C@@]2(C)CC[C@H]1O. The van der Waals surface area contributed by atoms with Gasteiger partial charge in [0.1, 0.15) is 0 Å². The Kier molecular flexibility index (Phi) is 6.36. The fraction of sp³-hybridized carbons (Fsp3) is 0.906. The molecule has 0 heterocycles. The Morgan fingerprint density at radius 3 is 2.22 bits per heavy atom. The molecule has 5 aliphatic rings. The number of fused-ring (bicyclic) bond motifs is 6. The molecule has 0 spiro atoms. The minimum absolute atomic E-state index is 0.0346. The zero-order valence-corrected chi connectivity index (χ0v) is 24.0. The molecule has 0 unspecified atom stereocenters. The van der Waals surface area contributed by atoms with E-state index in [4.69, 9.17) is 4.74 Å². The van der Waals surface area contributed by atoms with Crippen LogP contribution in [0.5, 0.6) is 0 Å². The lowest BCUT2D eigenvalue weighted by atomic mass is 9.42. The second-order valence-corrected chi connectivity index (χ2v) is 15.4. The maximum absolute atomic E-state index is 11.7. The van der Waals surface area contributed by atoms with Crippen molar-refractivity contribution in [3.05, 3.63) is 11.6 Å². The van der Waals surface area contributed by atoms with Crippen molar-refractivity contribution in [2.75, 3.05) is 6.61 Å². The first-order valence-corrected chi connectivity index (χ1v) is 14.9. The van der Waals surface area contributed by atoms with Gasteiger partial charge in [0, 0.05) is 12.3 Å². The molecule has 204 valence electrons. The van der Waals surface area contributed by atoms with Crippen LogP contribution in [0, 0.1) is 50.7 Å². The lowest BCUT2D eigenvalue weighted by Gasteiger charge is -2.64. The lowest BCUT2D eigenvalue weighted by Crippen LogP contribution is -2.60. The van der Waals surface area contributed by atoms with Crippen LogP contribution < -0.4 is 0 Å². The summed E-state index contributed by atoms with van der Waals surface area (Å²) in [6.45, 7) is 16.3. The Balaban J connectivity index is 1.47. The molecule has 2 N–H and O–H groups in total. The second kappa shape index (κ2) is 8.57. The second-order valence-electron chi connectivity index (χ2n) is 15.4. The summed E-state index contributed by atoms with van der Waals surface area (Å²) < 4.78 is 5.58. The van der Waals surface area contributed by atoms with Gasteiger partial charge in [-0.05, 0) is 110 Å². The number of esters is 1. The van der Waals surface area contributed by atoms with Gasteiger partial charge in [0.15, 0.2) is 0 Å². The van der Waals surface area contributed by atoms with Crippen LogP contribution in [0.3, 0.4) is 0 Å². The van der Waals surface area contributed by atoms with E-state index in [9.17, 15) is 15.0 Å². The van der Waals surface area contributed by atoms with Crippen LogP contribution in [0.15, 0.2) is 11.6 Å². The van der Waals surface area contributed by atoms with Gasteiger partial charge in [0.2, 0.25) is 0 Å². The Hall–Kier alpha value is -0.870. The molecule has 5 rings (SSSR count). The molecular weight excluding hydrogens is 448 g/mol.